The molecular weight excluding hydrogens is 482 g/mol. The largest absolute Gasteiger partial charge is 0.387 e. The van der Waals surface area contributed by atoms with E-state index in [-0.39, 0.29) is 11.8 Å². The molecule has 3 N–H and O–H groups in total. The lowest BCUT2D eigenvalue weighted by Gasteiger charge is -2.23. The highest BCUT2D eigenvalue weighted by atomic mass is 32.2. The first-order chi connectivity index (χ1) is 18.0. The van der Waals surface area contributed by atoms with Gasteiger partial charge in [-0.05, 0) is 68.1 Å². The molecule has 0 saturated carbocycles. The Bertz CT molecular complexity index is 1170. The Kier molecular flexibility index (Phi) is 9.41. The Hall–Kier alpha value is -3.10. The summed E-state index contributed by atoms with van der Waals surface area (Å²) in [7, 11) is 1.91. The smallest absolute Gasteiger partial charge is 0.253 e. The van der Waals surface area contributed by atoms with Crippen molar-refractivity contribution in [1.29, 1.82) is 0 Å². The number of nitrogens with zero attached hydrogens (tertiary/aromatic N) is 3. The van der Waals surface area contributed by atoms with Crippen LogP contribution in [0.3, 0.4) is 0 Å². The fourth-order valence-corrected chi connectivity index (χ4v) is 5.31. The molecule has 2 amide bonds. The van der Waals surface area contributed by atoms with E-state index in [1.54, 1.807) is 11.9 Å². The van der Waals surface area contributed by atoms with E-state index in [1.807, 2.05) is 65.4 Å². The van der Waals surface area contributed by atoms with Gasteiger partial charge < -0.3 is 15.5 Å². The molecule has 2 aliphatic heterocycles. The number of nitrogens with one attached hydrogen (secondary N) is 1. The van der Waals surface area contributed by atoms with Crippen molar-refractivity contribution in [2.75, 3.05) is 39.0 Å². The van der Waals surface area contributed by atoms with Crippen LogP contribution in [-0.4, -0.2) is 66.4 Å². The van der Waals surface area contributed by atoms with Crippen molar-refractivity contribution in [1.82, 2.24) is 14.5 Å². The standard InChI is InChI=1S/C29H37N5O2S/c1-3-13-33(16-6-17-37-31-2)29(36)25-18-24-12-11-23(19-26(24)32-27(30)20-25)21-7-9-22(10-8-21)28(35)34-14-4-5-15-34/h7-12,18-19,31H,3-6,13-17,20H2,1-2H3,(H2,30,32). The summed E-state index contributed by atoms with van der Waals surface area (Å²) in [6, 6.07) is 13.8. The Balaban J connectivity index is 1.53. The summed E-state index contributed by atoms with van der Waals surface area (Å²) in [6.45, 7) is 5.21. The highest BCUT2D eigenvalue weighted by molar-refractivity contribution is 7.97. The molecule has 0 atom stereocenters. The molecule has 7 nitrogen and oxygen atoms in total. The summed E-state index contributed by atoms with van der Waals surface area (Å²) in [5.74, 6) is 1.52. The molecule has 0 bridgehead atoms. The van der Waals surface area contributed by atoms with Crippen molar-refractivity contribution < 1.29 is 9.59 Å². The fraction of sp³-hybridized carbons (Fsp3) is 0.414. The minimum Gasteiger partial charge on any atom is -0.387 e. The second-order valence-corrected chi connectivity index (χ2v) is 10.6. The third-order valence-corrected chi connectivity index (χ3v) is 7.51. The summed E-state index contributed by atoms with van der Waals surface area (Å²) < 4.78 is 3.08. The van der Waals surface area contributed by atoms with Crippen LogP contribution < -0.4 is 10.5 Å². The predicted molar refractivity (Wildman–Crippen MR) is 154 cm³/mol. The van der Waals surface area contributed by atoms with Crippen LogP contribution in [-0.2, 0) is 4.79 Å². The monoisotopic (exact) mass is 519 g/mol. The highest BCUT2D eigenvalue weighted by Gasteiger charge is 2.22. The number of amides is 2. The molecule has 2 aliphatic rings. The number of amidine groups is 1. The Morgan fingerprint density at radius 1 is 1.08 bits per heavy atom. The van der Waals surface area contributed by atoms with Crippen molar-refractivity contribution in [2.24, 2.45) is 10.7 Å². The Labute approximate surface area is 224 Å². The van der Waals surface area contributed by atoms with Crippen molar-refractivity contribution in [2.45, 2.75) is 39.0 Å². The van der Waals surface area contributed by atoms with Gasteiger partial charge in [0.05, 0.1) is 5.69 Å². The summed E-state index contributed by atoms with van der Waals surface area (Å²) in [5.41, 5.74) is 11.3. The quantitative estimate of drug-likeness (QED) is 0.346. The van der Waals surface area contributed by atoms with Crippen LogP contribution in [0.4, 0.5) is 5.69 Å². The van der Waals surface area contributed by atoms with Gasteiger partial charge in [-0.3, -0.25) is 14.3 Å². The molecule has 0 spiro atoms. The zero-order chi connectivity index (χ0) is 26.2. The maximum Gasteiger partial charge on any atom is 0.253 e. The predicted octanol–water partition coefficient (Wildman–Crippen LogP) is 4.86. The van der Waals surface area contributed by atoms with Crippen LogP contribution in [0.15, 0.2) is 53.0 Å². The van der Waals surface area contributed by atoms with Gasteiger partial charge in [-0.2, -0.15) is 0 Å². The fourth-order valence-electron chi connectivity index (χ4n) is 4.83. The number of hydrogen-bond acceptors (Lipinski definition) is 6. The number of aliphatic imine (C=N–C) groups is 1. The molecule has 0 aromatic heterocycles. The molecule has 0 unspecified atom stereocenters. The van der Waals surface area contributed by atoms with E-state index >= 15 is 0 Å². The van der Waals surface area contributed by atoms with Crippen molar-refractivity contribution in [3.05, 3.63) is 59.2 Å². The zero-order valence-electron chi connectivity index (χ0n) is 21.8. The number of fused-ring (bicyclic) bond motifs is 1. The van der Waals surface area contributed by atoms with E-state index < -0.39 is 0 Å². The van der Waals surface area contributed by atoms with Crippen LogP contribution in [0.5, 0.6) is 0 Å². The van der Waals surface area contributed by atoms with Crippen LogP contribution in [0.2, 0.25) is 0 Å². The number of nitrogens with two attached hydrogens (primary N) is 1. The Morgan fingerprint density at radius 2 is 1.81 bits per heavy atom. The SMILES string of the molecule is CCCN(CCCSNC)C(=O)C1=Cc2ccc(-c3ccc(C(=O)N4CCCC4)cc3)cc2N=C(N)C1. The minimum absolute atomic E-state index is 0.0321. The molecule has 37 heavy (non-hydrogen) atoms. The molecule has 1 fully saturated rings. The topological polar surface area (TPSA) is 91.0 Å². The molecule has 8 heteroatoms. The van der Waals surface area contributed by atoms with Crippen molar-refractivity contribution >= 4 is 41.4 Å². The first-order valence-corrected chi connectivity index (χ1v) is 14.1. The van der Waals surface area contributed by atoms with Gasteiger partial charge in [0.25, 0.3) is 5.91 Å². The van der Waals surface area contributed by atoms with Gasteiger partial charge in [0, 0.05) is 55.1 Å². The summed E-state index contributed by atoms with van der Waals surface area (Å²) in [4.78, 5) is 34.6. The number of hydrogen-bond donors (Lipinski definition) is 2. The zero-order valence-corrected chi connectivity index (χ0v) is 22.7. The molecule has 1 saturated heterocycles. The first kappa shape index (κ1) is 26.9. The van der Waals surface area contributed by atoms with Gasteiger partial charge >= 0.3 is 0 Å². The van der Waals surface area contributed by atoms with Crippen LogP contribution in [0, 0.1) is 0 Å². The molecular formula is C29H37N5O2S. The van der Waals surface area contributed by atoms with Gasteiger partial charge in [-0.1, -0.05) is 43.1 Å². The third kappa shape index (κ3) is 6.81. The summed E-state index contributed by atoms with van der Waals surface area (Å²) in [5, 5.41) is 0. The van der Waals surface area contributed by atoms with Gasteiger partial charge in [-0.15, -0.1) is 0 Å². The van der Waals surface area contributed by atoms with E-state index in [9.17, 15) is 9.59 Å². The lowest BCUT2D eigenvalue weighted by atomic mass is 9.99. The molecule has 0 aliphatic carbocycles. The van der Waals surface area contributed by atoms with Crippen LogP contribution in [0.1, 0.15) is 54.9 Å². The average molecular weight is 520 g/mol. The Morgan fingerprint density at radius 3 is 2.51 bits per heavy atom. The number of rotatable bonds is 10. The lowest BCUT2D eigenvalue weighted by Crippen LogP contribution is -2.35. The second-order valence-electron chi connectivity index (χ2n) is 9.50. The van der Waals surface area contributed by atoms with E-state index in [0.717, 1.165) is 85.6 Å². The van der Waals surface area contributed by atoms with E-state index in [1.165, 1.54) is 0 Å². The minimum atomic E-state index is 0.0321. The molecule has 196 valence electrons. The molecule has 0 radical (unpaired) electrons. The second kappa shape index (κ2) is 12.9. The third-order valence-electron chi connectivity index (χ3n) is 6.73. The van der Waals surface area contributed by atoms with Gasteiger partial charge in [0.15, 0.2) is 0 Å². The maximum atomic E-state index is 13.4. The molecule has 2 aromatic rings. The van der Waals surface area contributed by atoms with Gasteiger partial charge in [0.1, 0.15) is 5.84 Å². The van der Waals surface area contributed by atoms with E-state index in [0.29, 0.717) is 17.8 Å². The average Bonchev–Trinajstić information content (AvgIpc) is 3.39. The first-order valence-electron chi connectivity index (χ1n) is 13.2. The van der Waals surface area contributed by atoms with Crippen LogP contribution in [0.25, 0.3) is 17.2 Å². The van der Waals surface area contributed by atoms with Gasteiger partial charge in [-0.25, -0.2) is 4.99 Å². The number of carbonyl (C=O) groups is 2. The summed E-state index contributed by atoms with van der Waals surface area (Å²) in [6.07, 6.45) is 6.27. The highest BCUT2D eigenvalue weighted by Crippen LogP contribution is 2.32. The molecule has 2 heterocycles. The number of likely N-dealkylation sites (tertiary alicyclic amines) is 1. The van der Waals surface area contributed by atoms with Crippen molar-refractivity contribution in [3.63, 3.8) is 0 Å². The lowest BCUT2D eigenvalue weighted by molar-refractivity contribution is -0.127. The number of carbonyl (C=O) groups excluding carboxylic acids is 2. The van der Waals surface area contributed by atoms with E-state index in [2.05, 4.69) is 16.6 Å². The maximum absolute atomic E-state index is 13.4. The summed E-state index contributed by atoms with van der Waals surface area (Å²) >= 11 is 1.66. The van der Waals surface area contributed by atoms with Gasteiger partial charge in [0.2, 0.25) is 5.91 Å². The molecule has 4 rings (SSSR count). The van der Waals surface area contributed by atoms with Crippen molar-refractivity contribution in [3.8, 4) is 11.1 Å². The normalized spacial score (nSPS) is 15.0. The number of benzene rings is 2. The molecule has 2 aromatic carbocycles. The van der Waals surface area contributed by atoms with Crippen LogP contribution >= 0.6 is 11.9 Å². The van der Waals surface area contributed by atoms with E-state index in [4.69, 9.17) is 5.73 Å².